The molecule has 30 heavy (non-hydrogen) atoms. The highest BCUT2D eigenvalue weighted by Crippen LogP contribution is 2.53. The zero-order chi connectivity index (χ0) is 21.3. The minimum Gasteiger partial charge on any atom is -0.465 e. The molecular formula is C22H30N2O6. The molecule has 2 saturated heterocycles. The zero-order valence-corrected chi connectivity index (χ0v) is 17.4. The molecule has 2 fully saturated rings. The van der Waals surface area contributed by atoms with E-state index in [1.807, 2.05) is 24.3 Å². The third-order valence-corrected chi connectivity index (χ3v) is 6.54. The van der Waals surface area contributed by atoms with Crippen molar-refractivity contribution in [1.82, 2.24) is 9.80 Å². The minimum atomic E-state index is -1.20. The van der Waals surface area contributed by atoms with Gasteiger partial charge in [-0.3, -0.25) is 14.4 Å². The van der Waals surface area contributed by atoms with Crippen molar-refractivity contribution < 1.29 is 29.0 Å². The van der Waals surface area contributed by atoms with E-state index >= 15 is 0 Å². The van der Waals surface area contributed by atoms with Crippen molar-refractivity contribution in [3.63, 3.8) is 0 Å². The predicted octanol–water partition coefficient (Wildman–Crippen LogP) is 0.651. The summed E-state index contributed by atoms with van der Waals surface area (Å²) in [6.45, 7) is 3.54. The Hall–Kier alpha value is -2.19. The molecule has 8 nitrogen and oxygen atoms in total. The van der Waals surface area contributed by atoms with Crippen LogP contribution in [-0.4, -0.2) is 83.3 Å². The summed E-state index contributed by atoms with van der Waals surface area (Å²) in [6, 6.07) is -0.841. The first kappa shape index (κ1) is 21.1. The fourth-order valence-electron chi connectivity index (χ4n) is 5.18. The van der Waals surface area contributed by atoms with E-state index in [0.29, 0.717) is 25.9 Å². The SMILES string of the molecule is CCCCN1CC=C[C@]23O[C@@H]4C=CCCOC(=O)[C@@H]4[C@H]2C(=O)N(CCCO)C3C1=O. The van der Waals surface area contributed by atoms with Crippen molar-refractivity contribution in [3.05, 3.63) is 24.3 Å². The van der Waals surface area contributed by atoms with Crippen LogP contribution in [0.15, 0.2) is 24.3 Å². The van der Waals surface area contributed by atoms with E-state index in [1.54, 1.807) is 4.90 Å². The van der Waals surface area contributed by atoms with E-state index in [9.17, 15) is 19.5 Å². The number of amides is 2. The van der Waals surface area contributed by atoms with Gasteiger partial charge in [0.1, 0.15) is 17.6 Å². The maximum Gasteiger partial charge on any atom is 0.312 e. The number of cyclic esters (lactones) is 1. The van der Waals surface area contributed by atoms with E-state index in [0.717, 1.165) is 12.8 Å². The van der Waals surface area contributed by atoms with Gasteiger partial charge in [0.05, 0.1) is 18.6 Å². The molecule has 1 spiro atoms. The Balaban J connectivity index is 1.77. The lowest BCUT2D eigenvalue weighted by Gasteiger charge is -2.35. The number of rotatable bonds is 6. The quantitative estimate of drug-likeness (QED) is 0.503. The lowest BCUT2D eigenvalue weighted by Crippen LogP contribution is -2.55. The van der Waals surface area contributed by atoms with Gasteiger partial charge in [-0.15, -0.1) is 0 Å². The van der Waals surface area contributed by atoms with Gasteiger partial charge in [-0.2, -0.15) is 0 Å². The number of unbranched alkanes of at least 4 members (excludes halogenated alkanes) is 1. The van der Waals surface area contributed by atoms with Gasteiger partial charge in [0.15, 0.2) is 0 Å². The second-order valence-electron chi connectivity index (χ2n) is 8.38. The van der Waals surface area contributed by atoms with Crippen LogP contribution >= 0.6 is 0 Å². The van der Waals surface area contributed by atoms with Crippen LogP contribution in [0.1, 0.15) is 32.6 Å². The summed E-state index contributed by atoms with van der Waals surface area (Å²) in [5.41, 5.74) is -1.20. The van der Waals surface area contributed by atoms with Gasteiger partial charge in [0, 0.05) is 26.2 Å². The largest absolute Gasteiger partial charge is 0.465 e. The molecule has 164 valence electrons. The Bertz CT molecular complexity index is 765. The Labute approximate surface area is 176 Å². The smallest absolute Gasteiger partial charge is 0.312 e. The number of hydrogen-bond donors (Lipinski definition) is 1. The number of nitrogens with zero attached hydrogens (tertiary/aromatic N) is 2. The monoisotopic (exact) mass is 418 g/mol. The molecule has 0 bridgehead atoms. The number of carbonyl (C=O) groups excluding carboxylic acids is 3. The van der Waals surface area contributed by atoms with Gasteiger partial charge >= 0.3 is 5.97 Å². The van der Waals surface area contributed by atoms with Crippen molar-refractivity contribution in [2.45, 2.75) is 50.4 Å². The van der Waals surface area contributed by atoms with Crippen LogP contribution in [-0.2, 0) is 23.9 Å². The third kappa shape index (κ3) is 3.26. The summed E-state index contributed by atoms with van der Waals surface area (Å²) in [4.78, 5) is 43.3. The Morgan fingerprint density at radius 2 is 2.00 bits per heavy atom. The number of aliphatic hydroxyl groups excluding tert-OH is 1. The van der Waals surface area contributed by atoms with Crippen LogP contribution in [0.5, 0.6) is 0 Å². The first-order valence-electron chi connectivity index (χ1n) is 10.9. The van der Waals surface area contributed by atoms with Gasteiger partial charge in [-0.25, -0.2) is 0 Å². The van der Waals surface area contributed by atoms with Crippen molar-refractivity contribution in [2.24, 2.45) is 11.8 Å². The molecule has 0 saturated carbocycles. The van der Waals surface area contributed by atoms with Crippen molar-refractivity contribution >= 4 is 17.8 Å². The van der Waals surface area contributed by atoms with Gasteiger partial charge in [0.2, 0.25) is 11.8 Å². The molecule has 8 heteroatoms. The minimum absolute atomic E-state index is 0.0879. The molecule has 0 aromatic carbocycles. The average Bonchev–Trinajstić information content (AvgIpc) is 3.10. The van der Waals surface area contributed by atoms with Gasteiger partial charge in [0.25, 0.3) is 0 Å². The number of carbonyl (C=O) groups is 3. The lowest BCUT2D eigenvalue weighted by atomic mass is 9.77. The fourth-order valence-corrected chi connectivity index (χ4v) is 5.18. The second kappa shape index (κ2) is 8.51. The van der Waals surface area contributed by atoms with E-state index in [-0.39, 0.29) is 31.6 Å². The molecule has 2 amide bonds. The molecule has 4 aliphatic heterocycles. The van der Waals surface area contributed by atoms with E-state index in [2.05, 4.69) is 6.92 Å². The third-order valence-electron chi connectivity index (χ3n) is 6.54. The van der Waals surface area contributed by atoms with Gasteiger partial charge in [-0.05, 0) is 19.3 Å². The summed E-state index contributed by atoms with van der Waals surface area (Å²) in [5, 5.41) is 9.34. The Kier molecular flexibility index (Phi) is 5.97. The van der Waals surface area contributed by atoms with Crippen LogP contribution in [0.2, 0.25) is 0 Å². The number of hydrogen-bond acceptors (Lipinski definition) is 6. The highest BCUT2D eigenvalue weighted by Gasteiger charge is 2.71. The lowest BCUT2D eigenvalue weighted by molar-refractivity contribution is -0.155. The fraction of sp³-hybridized carbons (Fsp3) is 0.682. The maximum atomic E-state index is 13.6. The van der Waals surface area contributed by atoms with Crippen LogP contribution in [0.4, 0.5) is 0 Å². The molecule has 1 unspecified atom stereocenters. The molecule has 0 aromatic heterocycles. The average molecular weight is 418 g/mol. The summed E-state index contributed by atoms with van der Waals surface area (Å²) in [5.74, 6) is -2.48. The first-order chi connectivity index (χ1) is 14.5. The normalized spacial score (nSPS) is 35.5. The maximum absolute atomic E-state index is 13.6. The zero-order valence-electron chi connectivity index (χ0n) is 17.4. The van der Waals surface area contributed by atoms with Crippen LogP contribution in [0.3, 0.4) is 0 Å². The van der Waals surface area contributed by atoms with Crippen molar-refractivity contribution in [2.75, 3.05) is 32.8 Å². The molecule has 5 atom stereocenters. The van der Waals surface area contributed by atoms with E-state index in [4.69, 9.17) is 9.47 Å². The van der Waals surface area contributed by atoms with E-state index < -0.39 is 35.6 Å². The van der Waals surface area contributed by atoms with Crippen LogP contribution < -0.4 is 0 Å². The number of likely N-dealkylation sites (tertiary alicyclic amines) is 1. The van der Waals surface area contributed by atoms with Gasteiger partial charge < -0.3 is 24.4 Å². The highest BCUT2D eigenvalue weighted by atomic mass is 16.6. The van der Waals surface area contributed by atoms with Crippen LogP contribution in [0.25, 0.3) is 0 Å². The Morgan fingerprint density at radius 3 is 2.77 bits per heavy atom. The molecule has 4 aliphatic rings. The number of esters is 1. The molecular weight excluding hydrogens is 388 g/mol. The summed E-state index contributed by atoms with van der Waals surface area (Å²) >= 11 is 0. The summed E-state index contributed by atoms with van der Waals surface area (Å²) < 4.78 is 11.8. The molecule has 0 aliphatic carbocycles. The Morgan fingerprint density at radius 1 is 1.17 bits per heavy atom. The first-order valence-corrected chi connectivity index (χ1v) is 10.9. The summed E-state index contributed by atoms with van der Waals surface area (Å²) in [7, 11) is 0. The predicted molar refractivity (Wildman–Crippen MR) is 107 cm³/mol. The molecule has 0 radical (unpaired) electrons. The number of ether oxygens (including phenoxy) is 2. The second-order valence-corrected chi connectivity index (χ2v) is 8.38. The number of fused-ring (bicyclic) bond motifs is 2. The highest BCUT2D eigenvalue weighted by molar-refractivity contribution is 5.99. The standard InChI is InChI=1S/C22H30N2O6/c1-2-3-10-23-11-6-9-22-17(16-15(30-22)8-4-5-14-29-21(16)28)19(26)24(12-7-13-25)18(22)20(23)27/h4,6,8-9,15-18,25H,2-3,5,7,10-14H2,1H3/t15-,16+,17+,18?,22+/m1/s1. The van der Waals surface area contributed by atoms with Gasteiger partial charge in [-0.1, -0.05) is 37.6 Å². The molecule has 1 N–H and O–H groups in total. The van der Waals surface area contributed by atoms with Crippen molar-refractivity contribution in [1.29, 1.82) is 0 Å². The molecule has 4 heterocycles. The topological polar surface area (TPSA) is 96.4 Å². The van der Waals surface area contributed by atoms with E-state index in [1.165, 1.54) is 4.90 Å². The molecule has 0 aromatic rings. The molecule has 4 rings (SSSR count). The summed E-state index contributed by atoms with van der Waals surface area (Å²) in [6.07, 6.45) is 9.62. The number of aliphatic hydroxyl groups is 1. The van der Waals surface area contributed by atoms with Crippen molar-refractivity contribution in [3.8, 4) is 0 Å². The van der Waals surface area contributed by atoms with Crippen LogP contribution in [0, 0.1) is 11.8 Å².